The minimum atomic E-state index is -4.17. The smallest absolute Gasteiger partial charge is 0.688 e. The molecule has 0 fully saturated rings. The molecule has 8 heavy (non-hydrogen) atoms. The fourth-order valence-electron chi connectivity index (χ4n) is 0.274. The van der Waals surface area contributed by atoms with Crippen molar-refractivity contribution in [2.45, 2.75) is 13.3 Å². The number of hydrogen-bond donors (Lipinski definition) is 0. The monoisotopic (exact) mass is 146 g/mol. The van der Waals surface area contributed by atoms with Crippen molar-refractivity contribution in [1.29, 1.82) is 0 Å². The molecule has 0 aromatic rings. The van der Waals surface area contributed by atoms with E-state index < -0.39 is 7.94 Å². The fourth-order valence-corrected chi connectivity index (χ4v) is 0.822. The van der Waals surface area contributed by atoms with Gasteiger partial charge >= 0.3 is 23.1 Å². The van der Waals surface area contributed by atoms with Gasteiger partial charge in [0, 0.05) is 6.16 Å². The van der Waals surface area contributed by atoms with Crippen molar-refractivity contribution < 1.29 is 14.7 Å². The molecule has 0 heterocycles. The third kappa shape index (κ3) is 10.1. The van der Waals surface area contributed by atoms with Crippen LogP contribution in [0.1, 0.15) is 13.3 Å². The summed E-state index contributed by atoms with van der Waals surface area (Å²) in [5.41, 5.74) is 0. The van der Waals surface area contributed by atoms with Crippen LogP contribution in [0.3, 0.4) is 0 Å². The summed E-state index contributed by atoms with van der Waals surface area (Å²) in [4.78, 5) is 29.1. The molecule has 0 unspecified atom stereocenters. The predicted molar refractivity (Wildman–Crippen MR) is 27.8 cm³/mol. The molecule has 0 amide bonds. The Labute approximate surface area is 65.5 Å². The first-order chi connectivity index (χ1) is 3.06. The first-order valence-corrected chi connectivity index (χ1v) is 3.80. The van der Waals surface area contributed by atoms with Crippen LogP contribution >= 0.6 is 7.94 Å². The minimum Gasteiger partial charge on any atom is -0.688 e. The van der Waals surface area contributed by atoms with Crippen molar-refractivity contribution in [2.75, 3.05) is 6.16 Å². The van der Waals surface area contributed by atoms with Crippen LogP contribution in [0.2, 0.25) is 0 Å². The van der Waals surface area contributed by atoms with Crippen molar-refractivity contribution in [2.24, 2.45) is 0 Å². The Balaban J connectivity index is 0. The summed E-state index contributed by atoms with van der Waals surface area (Å²) in [7, 11) is -4.17. The third-order valence-corrected chi connectivity index (χ3v) is 1.49. The van der Waals surface area contributed by atoms with Gasteiger partial charge in [-0.15, -0.1) is 0 Å². The summed E-state index contributed by atoms with van der Waals surface area (Å²) in [6, 6.07) is 0. The SMILES string of the molecule is CCC[P+]([O-])([O-])[O-].[Mg+2]. The van der Waals surface area contributed by atoms with Gasteiger partial charge in [0.05, 0.1) is 0 Å². The molecule has 0 aromatic carbocycles. The Hall–Kier alpha value is 1.08. The van der Waals surface area contributed by atoms with Gasteiger partial charge in [-0.2, -0.15) is 7.94 Å². The van der Waals surface area contributed by atoms with Crippen LogP contribution in [-0.4, -0.2) is 29.2 Å². The molecule has 0 aliphatic heterocycles. The first kappa shape index (κ1) is 11.8. The molecule has 44 valence electrons. The van der Waals surface area contributed by atoms with E-state index in [1.54, 1.807) is 6.92 Å². The molecule has 0 N–H and O–H groups in total. The average Bonchev–Trinajstić information content (AvgIpc) is 1.30. The van der Waals surface area contributed by atoms with E-state index in [4.69, 9.17) is 0 Å². The molecule has 5 heteroatoms. The van der Waals surface area contributed by atoms with E-state index in [0.717, 1.165) is 0 Å². The molecule has 0 bridgehead atoms. The largest absolute Gasteiger partial charge is 2.00 e. The Morgan fingerprint density at radius 2 is 1.62 bits per heavy atom. The second-order valence-corrected chi connectivity index (χ2v) is 3.00. The molecule has 0 aromatic heterocycles. The van der Waals surface area contributed by atoms with Crippen molar-refractivity contribution >= 4 is 31.0 Å². The second-order valence-electron chi connectivity index (χ2n) is 1.33. The van der Waals surface area contributed by atoms with Crippen LogP contribution in [0.25, 0.3) is 0 Å². The van der Waals surface area contributed by atoms with Gasteiger partial charge in [0.15, 0.2) is 0 Å². The molecule has 3 nitrogen and oxygen atoms in total. The number of rotatable bonds is 2. The molecule has 0 aliphatic carbocycles. The number of hydrogen-bond acceptors (Lipinski definition) is 3. The molecule has 0 atom stereocenters. The third-order valence-electron chi connectivity index (χ3n) is 0.497. The zero-order chi connectivity index (χ0) is 5.91. The van der Waals surface area contributed by atoms with Crippen LogP contribution < -0.4 is 14.7 Å². The maximum Gasteiger partial charge on any atom is 2.00 e. The molecular formula is C3H7MgO3P. The van der Waals surface area contributed by atoms with Crippen LogP contribution in [0.15, 0.2) is 0 Å². The van der Waals surface area contributed by atoms with E-state index in [9.17, 15) is 14.7 Å². The summed E-state index contributed by atoms with van der Waals surface area (Å²) < 4.78 is 0. The van der Waals surface area contributed by atoms with E-state index in [1.807, 2.05) is 0 Å². The van der Waals surface area contributed by atoms with E-state index in [0.29, 0.717) is 6.42 Å². The van der Waals surface area contributed by atoms with Gasteiger partial charge < -0.3 is 14.7 Å². The predicted octanol–water partition coefficient (Wildman–Crippen LogP) is -2.14. The minimum absolute atomic E-state index is 0. The van der Waals surface area contributed by atoms with Gasteiger partial charge in [-0.05, 0) is 6.42 Å². The van der Waals surface area contributed by atoms with Crippen LogP contribution in [0.4, 0.5) is 0 Å². The zero-order valence-corrected chi connectivity index (χ0v) is 7.10. The quantitative estimate of drug-likeness (QED) is 0.330. The summed E-state index contributed by atoms with van der Waals surface area (Å²) in [5, 5.41) is 0. The topological polar surface area (TPSA) is 69.2 Å². The molecule has 0 rings (SSSR count). The van der Waals surface area contributed by atoms with Crippen molar-refractivity contribution in [3.8, 4) is 0 Å². The Morgan fingerprint density at radius 1 is 1.25 bits per heavy atom. The zero-order valence-electron chi connectivity index (χ0n) is 4.79. The van der Waals surface area contributed by atoms with E-state index in [2.05, 4.69) is 0 Å². The molecule has 0 saturated heterocycles. The van der Waals surface area contributed by atoms with Crippen LogP contribution in [0, 0.1) is 0 Å². The Morgan fingerprint density at radius 3 is 1.62 bits per heavy atom. The summed E-state index contributed by atoms with van der Waals surface area (Å²) >= 11 is 0. The van der Waals surface area contributed by atoms with Crippen LogP contribution in [0.5, 0.6) is 0 Å². The molecular weight excluding hydrogens is 139 g/mol. The van der Waals surface area contributed by atoms with E-state index >= 15 is 0 Å². The van der Waals surface area contributed by atoms with Crippen molar-refractivity contribution in [3.63, 3.8) is 0 Å². The van der Waals surface area contributed by atoms with Crippen LogP contribution in [-0.2, 0) is 0 Å². The van der Waals surface area contributed by atoms with Crippen molar-refractivity contribution in [1.82, 2.24) is 0 Å². The molecule has 0 saturated carbocycles. The molecule has 0 spiro atoms. The van der Waals surface area contributed by atoms with Gasteiger partial charge in [-0.3, -0.25) is 0 Å². The van der Waals surface area contributed by atoms with Crippen molar-refractivity contribution in [3.05, 3.63) is 0 Å². The summed E-state index contributed by atoms with van der Waals surface area (Å²) in [5.74, 6) is 0. The first-order valence-electron chi connectivity index (χ1n) is 2.07. The van der Waals surface area contributed by atoms with E-state index in [1.165, 1.54) is 0 Å². The molecule has 0 radical (unpaired) electrons. The maximum atomic E-state index is 9.70. The fraction of sp³-hybridized carbons (Fsp3) is 1.00. The van der Waals surface area contributed by atoms with Gasteiger partial charge in [-0.25, -0.2) is 0 Å². The maximum absolute atomic E-state index is 9.70. The average molecular weight is 146 g/mol. The normalized spacial score (nSPS) is 10.5. The van der Waals surface area contributed by atoms with Gasteiger partial charge in [0.2, 0.25) is 0 Å². The van der Waals surface area contributed by atoms with Gasteiger partial charge in [0.25, 0.3) is 0 Å². The standard InChI is InChI=1S/C3H9O3P.Mg/c1-2-3-7(4,5)6;/h2-3H2,1H3,(H2,4,5,6);/q;+2/p-2. The van der Waals surface area contributed by atoms with Gasteiger partial charge in [-0.1, -0.05) is 6.92 Å². The molecule has 0 aliphatic rings. The Bertz CT molecular complexity index is 53.0. The van der Waals surface area contributed by atoms with Gasteiger partial charge in [0.1, 0.15) is 0 Å². The van der Waals surface area contributed by atoms with E-state index in [-0.39, 0.29) is 29.2 Å². The summed E-state index contributed by atoms with van der Waals surface area (Å²) in [6.45, 7) is 1.66. The summed E-state index contributed by atoms with van der Waals surface area (Å²) in [6.07, 6.45) is 0.206. The second kappa shape index (κ2) is 4.91. The Kier molecular flexibility index (Phi) is 7.25.